The van der Waals surface area contributed by atoms with Crippen LogP contribution in [0.25, 0.3) is 32.4 Å². The average Bonchev–Trinajstić information content (AvgIpc) is 2.96. The summed E-state index contributed by atoms with van der Waals surface area (Å²) < 4.78 is 5.37. The minimum absolute atomic E-state index is 0.874. The highest BCUT2D eigenvalue weighted by atomic mass is 16.5. The number of aryl methyl sites for hydroxylation is 1. The van der Waals surface area contributed by atoms with E-state index in [0.29, 0.717) is 0 Å². The van der Waals surface area contributed by atoms with Gasteiger partial charge in [0.25, 0.3) is 0 Å². The molecule has 0 amide bonds. The number of benzene rings is 3. The molecule has 1 heterocycles. The second kappa shape index (κ2) is 3.97. The summed E-state index contributed by atoms with van der Waals surface area (Å²) in [5.41, 5.74) is 2.34. The lowest BCUT2D eigenvalue weighted by Gasteiger charge is -2.09. The van der Waals surface area contributed by atoms with Crippen LogP contribution in [0, 0.1) is 6.92 Å². The van der Waals surface area contributed by atoms with Crippen LogP contribution in [0.5, 0.6) is 5.75 Å². The van der Waals surface area contributed by atoms with E-state index in [9.17, 15) is 0 Å². The van der Waals surface area contributed by atoms with Gasteiger partial charge in [-0.1, -0.05) is 23.8 Å². The van der Waals surface area contributed by atoms with E-state index in [0.717, 1.165) is 16.7 Å². The lowest BCUT2D eigenvalue weighted by molar-refractivity contribution is 0.415. The predicted octanol–water partition coefficient (Wildman–Crippen LogP) is 4.19. The fourth-order valence-electron chi connectivity index (χ4n) is 2.90. The highest BCUT2D eigenvalue weighted by Gasteiger charge is 2.10. The molecule has 1 N–H and O–H groups in total. The van der Waals surface area contributed by atoms with E-state index in [1.165, 1.54) is 27.1 Å². The molecule has 0 aliphatic heterocycles. The third kappa shape index (κ3) is 1.43. The van der Waals surface area contributed by atoms with Crippen LogP contribution in [0.15, 0.2) is 42.6 Å². The zero-order valence-electron chi connectivity index (χ0n) is 11.4. The number of fused-ring (bicyclic) bond motifs is 6. The van der Waals surface area contributed by atoms with Crippen LogP contribution in [-0.4, -0.2) is 17.3 Å². The van der Waals surface area contributed by atoms with Crippen molar-refractivity contribution in [3.63, 3.8) is 0 Å². The molecule has 0 aliphatic carbocycles. The van der Waals surface area contributed by atoms with E-state index in [2.05, 4.69) is 47.5 Å². The van der Waals surface area contributed by atoms with Gasteiger partial charge < -0.3 is 4.74 Å². The minimum Gasteiger partial charge on any atom is -0.497 e. The third-order valence-electron chi connectivity index (χ3n) is 3.89. The zero-order valence-corrected chi connectivity index (χ0v) is 11.4. The maximum Gasteiger partial charge on any atom is 0.119 e. The quantitative estimate of drug-likeness (QED) is 0.522. The molecule has 3 nitrogen and oxygen atoms in total. The van der Waals surface area contributed by atoms with Crippen molar-refractivity contribution in [2.45, 2.75) is 6.92 Å². The van der Waals surface area contributed by atoms with Gasteiger partial charge in [0.15, 0.2) is 0 Å². The predicted molar refractivity (Wildman–Crippen MR) is 82.4 cm³/mol. The summed E-state index contributed by atoms with van der Waals surface area (Å²) in [7, 11) is 1.70. The van der Waals surface area contributed by atoms with Crippen molar-refractivity contribution < 1.29 is 4.74 Å². The van der Waals surface area contributed by atoms with Crippen molar-refractivity contribution in [3.8, 4) is 5.75 Å². The number of H-pyrrole nitrogens is 1. The highest BCUT2D eigenvalue weighted by Crippen LogP contribution is 2.35. The molecule has 4 aromatic rings. The van der Waals surface area contributed by atoms with Gasteiger partial charge in [0.05, 0.1) is 18.8 Å². The smallest absolute Gasteiger partial charge is 0.119 e. The Hall–Kier alpha value is -2.55. The summed E-state index contributed by atoms with van der Waals surface area (Å²) in [5, 5.41) is 13.3. The molecule has 0 fully saturated rings. The van der Waals surface area contributed by atoms with Crippen molar-refractivity contribution in [1.29, 1.82) is 0 Å². The van der Waals surface area contributed by atoms with Gasteiger partial charge in [0.1, 0.15) is 5.75 Å². The molecule has 20 heavy (non-hydrogen) atoms. The summed E-state index contributed by atoms with van der Waals surface area (Å²) in [6.45, 7) is 2.12. The lowest BCUT2D eigenvalue weighted by Crippen LogP contribution is -1.86. The molecule has 0 atom stereocenters. The maximum atomic E-state index is 5.37. The second-order valence-corrected chi connectivity index (χ2v) is 5.12. The van der Waals surface area contributed by atoms with E-state index >= 15 is 0 Å². The minimum atomic E-state index is 0.874. The van der Waals surface area contributed by atoms with Crippen LogP contribution in [0.1, 0.15) is 5.56 Å². The molecule has 0 radical (unpaired) electrons. The Morgan fingerprint density at radius 1 is 0.900 bits per heavy atom. The van der Waals surface area contributed by atoms with Gasteiger partial charge in [-0.2, -0.15) is 5.10 Å². The summed E-state index contributed by atoms with van der Waals surface area (Å²) >= 11 is 0. The third-order valence-corrected chi connectivity index (χ3v) is 3.89. The molecule has 98 valence electrons. The number of aromatic amines is 1. The Bertz CT molecular complexity index is 953. The van der Waals surface area contributed by atoms with Gasteiger partial charge in [-0.15, -0.1) is 0 Å². The number of ether oxygens (including phenoxy) is 1. The molecule has 3 aromatic carbocycles. The molecule has 4 rings (SSSR count). The Balaban J connectivity index is 2.33. The van der Waals surface area contributed by atoms with Gasteiger partial charge in [0, 0.05) is 10.8 Å². The summed E-state index contributed by atoms with van der Waals surface area (Å²) in [6.07, 6.45) is 1.90. The first kappa shape index (κ1) is 11.3. The fourth-order valence-corrected chi connectivity index (χ4v) is 2.90. The number of aromatic nitrogens is 2. The van der Waals surface area contributed by atoms with E-state index in [1.54, 1.807) is 7.11 Å². The van der Waals surface area contributed by atoms with Gasteiger partial charge in [-0.25, -0.2) is 0 Å². The maximum absolute atomic E-state index is 5.37. The van der Waals surface area contributed by atoms with Crippen molar-refractivity contribution in [1.82, 2.24) is 10.2 Å². The molecule has 0 spiro atoms. The summed E-state index contributed by atoms with van der Waals surface area (Å²) in [6, 6.07) is 12.7. The molecule has 1 aromatic heterocycles. The molecule has 3 heteroatoms. The van der Waals surface area contributed by atoms with E-state index in [1.807, 2.05) is 12.3 Å². The second-order valence-electron chi connectivity index (χ2n) is 5.12. The van der Waals surface area contributed by atoms with Crippen LogP contribution in [0.3, 0.4) is 0 Å². The first-order valence-corrected chi connectivity index (χ1v) is 6.61. The summed E-state index contributed by atoms with van der Waals surface area (Å²) in [5.74, 6) is 0.874. The molecule has 0 aliphatic rings. The summed E-state index contributed by atoms with van der Waals surface area (Å²) in [4.78, 5) is 0. The molecule has 0 unspecified atom stereocenters. The van der Waals surface area contributed by atoms with Crippen LogP contribution < -0.4 is 4.74 Å². The normalized spacial score (nSPS) is 11.5. The number of nitrogens with one attached hydrogen (secondary N) is 1. The fraction of sp³-hybridized carbons (Fsp3) is 0.118. The first-order valence-electron chi connectivity index (χ1n) is 6.61. The Kier molecular flexibility index (Phi) is 2.24. The van der Waals surface area contributed by atoms with Crippen molar-refractivity contribution in [3.05, 3.63) is 48.2 Å². The van der Waals surface area contributed by atoms with Crippen molar-refractivity contribution >= 4 is 32.4 Å². The zero-order chi connectivity index (χ0) is 13.7. The number of methoxy groups -OCH3 is 1. The molecule has 0 saturated carbocycles. The number of rotatable bonds is 1. The van der Waals surface area contributed by atoms with Crippen LogP contribution in [0.4, 0.5) is 0 Å². The molecular weight excluding hydrogens is 248 g/mol. The topological polar surface area (TPSA) is 37.9 Å². The largest absolute Gasteiger partial charge is 0.497 e. The SMILES string of the molecule is COc1ccc2c(c1)c1cc(C)ccc1c1cn[nH]c21. The highest BCUT2D eigenvalue weighted by molar-refractivity contribution is 6.24. The molecular formula is C17H14N2O. The van der Waals surface area contributed by atoms with Gasteiger partial charge in [0.2, 0.25) is 0 Å². The molecule has 0 bridgehead atoms. The monoisotopic (exact) mass is 262 g/mol. The Morgan fingerprint density at radius 2 is 1.70 bits per heavy atom. The van der Waals surface area contributed by atoms with Crippen LogP contribution in [0.2, 0.25) is 0 Å². The van der Waals surface area contributed by atoms with Gasteiger partial charge >= 0.3 is 0 Å². The van der Waals surface area contributed by atoms with Crippen LogP contribution in [-0.2, 0) is 0 Å². The molecule has 0 saturated heterocycles. The lowest BCUT2D eigenvalue weighted by atomic mass is 9.97. The van der Waals surface area contributed by atoms with Gasteiger partial charge in [-0.05, 0) is 41.3 Å². The average molecular weight is 262 g/mol. The van der Waals surface area contributed by atoms with E-state index < -0.39 is 0 Å². The standard InChI is InChI=1S/C17H14N2O/c1-10-3-5-12-14(7-10)15-8-11(20-2)4-6-13(15)17-16(12)9-18-19-17/h3-9H,1-2H3,(H,18,19). The van der Waals surface area contributed by atoms with E-state index in [4.69, 9.17) is 4.74 Å². The first-order chi connectivity index (χ1) is 9.78. The van der Waals surface area contributed by atoms with E-state index in [-0.39, 0.29) is 0 Å². The Labute approximate surface area is 116 Å². The Morgan fingerprint density at radius 3 is 2.55 bits per heavy atom. The number of hydrogen-bond acceptors (Lipinski definition) is 2. The van der Waals surface area contributed by atoms with Crippen molar-refractivity contribution in [2.75, 3.05) is 7.11 Å². The number of nitrogens with zero attached hydrogens (tertiary/aromatic N) is 1. The van der Waals surface area contributed by atoms with Crippen LogP contribution >= 0.6 is 0 Å². The van der Waals surface area contributed by atoms with Gasteiger partial charge in [-0.3, -0.25) is 5.10 Å². The van der Waals surface area contributed by atoms with Crippen molar-refractivity contribution in [2.24, 2.45) is 0 Å². The number of hydrogen-bond donors (Lipinski definition) is 1.